The molecule has 2 aromatic rings. The first kappa shape index (κ1) is 25.7. The topological polar surface area (TPSA) is 55.3 Å². The van der Waals surface area contributed by atoms with Gasteiger partial charge in [-0.05, 0) is 67.0 Å². The van der Waals surface area contributed by atoms with E-state index < -0.39 is 22.4 Å². The Morgan fingerprint density at radius 1 is 1.21 bits per heavy atom. The third kappa shape index (κ3) is 6.59. The van der Waals surface area contributed by atoms with Crippen molar-refractivity contribution in [2.45, 2.75) is 33.1 Å². The molecule has 5 nitrogen and oxygen atoms in total. The number of benzene rings is 1. The fourth-order valence-corrected chi connectivity index (χ4v) is 3.90. The highest BCUT2D eigenvalue weighted by Crippen LogP contribution is 2.29. The SMILES string of the molecule is C=C/C(=C\C=C(/C)S(C)=O)c1cc(F)c(OCC2CCN(c3ncc(CC)cn3)CC2)c(F)c1. The van der Waals surface area contributed by atoms with Gasteiger partial charge in [-0.2, -0.15) is 0 Å². The van der Waals surface area contributed by atoms with Crippen LogP contribution >= 0.6 is 0 Å². The van der Waals surface area contributed by atoms with E-state index >= 15 is 0 Å². The highest BCUT2D eigenvalue weighted by molar-refractivity contribution is 7.88. The van der Waals surface area contributed by atoms with Gasteiger partial charge in [0.1, 0.15) is 0 Å². The molecule has 0 radical (unpaired) electrons. The number of hydrogen-bond donors (Lipinski definition) is 0. The second kappa shape index (κ2) is 12.0. The Hall–Kier alpha value is -2.87. The Labute approximate surface area is 202 Å². The summed E-state index contributed by atoms with van der Waals surface area (Å²) in [6.07, 6.45) is 12.6. The van der Waals surface area contributed by atoms with Gasteiger partial charge < -0.3 is 9.64 Å². The second-order valence-corrected chi connectivity index (χ2v) is 9.87. The van der Waals surface area contributed by atoms with E-state index in [1.807, 2.05) is 12.4 Å². The molecule has 3 rings (SSSR count). The van der Waals surface area contributed by atoms with E-state index in [-0.39, 0.29) is 18.3 Å². The van der Waals surface area contributed by atoms with Gasteiger partial charge in [-0.15, -0.1) is 0 Å². The quantitative estimate of drug-likeness (QED) is 0.440. The first-order valence-electron chi connectivity index (χ1n) is 11.3. The van der Waals surface area contributed by atoms with Crippen LogP contribution in [0.4, 0.5) is 14.7 Å². The summed E-state index contributed by atoms with van der Waals surface area (Å²) in [5.41, 5.74) is 1.96. The van der Waals surface area contributed by atoms with Crippen molar-refractivity contribution in [3.63, 3.8) is 0 Å². The number of halogens is 2. The number of allylic oxidation sites excluding steroid dienone is 5. The lowest BCUT2D eigenvalue weighted by Gasteiger charge is -2.31. The lowest BCUT2D eigenvalue weighted by molar-refractivity contribution is 0.207. The zero-order valence-corrected chi connectivity index (χ0v) is 20.7. The van der Waals surface area contributed by atoms with E-state index in [9.17, 15) is 13.0 Å². The van der Waals surface area contributed by atoms with Crippen LogP contribution < -0.4 is 9.64 Å². The van der Waals surface area contributed by atoms with Crippen LogP contribution in [0.2, 0.25) is 0 Å². The molecule has 0 aliphatic carbocycles. The van der Waals surface area contributed by atoms with Crippen molar-refractivity contribution in [2.24, 2.45) is 5.92 Å². The molecule has 0 amide bonds. The lowest BCUT2D eigenvalue weighted by Crippen LogP contribution is -2.36. The van der Waals surface area contributed by atoms with E-state index in [0.717, 1.165) is 37.9 Å². The molecule has 2 heterocycles. The molecule has 1 saturated heterocycles. The normalized spacial score (nSPS) is 16.4. The van der Waals surface area contributed by atoms with Crippen LogP contribution in [0.15, 0.2) is 54.2 Å². The number of ether oxygens (including phenoxy) is 1. The number of aromatic nitrogens is 2. The summed E-state index contributed by atoms with van der Waals surface area (Å²) in [4.78, 5) is 11.6. The molecule has 0 saturated carbocycles. The van der Waals surface area contributed by atoms with Gasteiger partial charge in [0, 0.05) is 47.4 Å². The van der Waals surface area contributed by atoms with Crippen molar-refractivity contribution in [2.75, 3.05) is 30.9 Å². The summed E-state index contributed by atoms with van der Waals surface area (Å²) >= 11 is 0. The molecule has 0 N–H and O–H groups in total. The zero-order valence-electron chi connectivity index (χ0n) is 19.9. The summed E-state index contributed by atoms with van der Waals surface area (Å²) < 4.78 is 46.5. The molecule has 1 aromatic carbocycles. The standard InChI is InChI=1S/C26H31F2N3O2S/c1-5-19-15-29-26(30-16-19)31-11-9-20(10-12-31)17-33-25-23(27)13-22(14-24(25)28)21(6-2)8-7-18(3)34(4)32/h6-8,13-16,20H,2,5,9-12,17H2,1,3-4H3/b18-7+,21-8+. The van der Waals surface area contributed by atoms with Gasteiger partial charge in [0.15, 0.2) is 17.4 Å². The Balaban J connectivity index is 1.61. The molecule has 1 unspecified atom stereocenters. The summed E-state index contributed by atoms with van der Waals surface area (Å²) in [6, 6.07) is 2.47. The molecule has 1 aliphatic heterocycles. The monoisotopic (exact) mass is 487 g/mol. The van der Waals surface area contributed by atoms with E-state index in [0.29, 0.717) is 22.0 Å². The van der Waals surface area contributed by atoms with Crippen molar-refractivity contribution >= 4 is 22.3 Å². The summed E-state index contributed by atoms with van der Waals surface area (Å²) in [5.74, 6) is -0.981. The molecule has 34 heavy (non-hydrogen) atoms. The van der Waals surface area contributed by atoms with Crippen LogP contribution in [0, 0.1) is 17.6 Å². The minimum atomic E-state index is -1.11. The van der Waals surface area contributed by atoms with Crippen LogP contribution in [0.25, 0.3) is 5.57 Å². The molecule has 182 valence electrons. The van der Waals surface area contributed by atoms with Crippen LogP contribution in [0.1, 0.15) is 37.8 Å². The fraction of sp³-hybridized carbons (Fsp3) is 0.385. The predicted molar refractivity (Wildman–Crippen MR) is 134 cm³/mol. The van der Waals surface area contributed by atoms with E-state index in [4.69, 9.17) is 4.74 Å². The number of anilines is 1. The van der Waals surface area contributed by atoms with Gasteiger partial charge in [0.2, 0.25) is 5.95 Å². The maximum Gasteiger partial charge on any atom is 0.225 e. The van der Waals surface area contributed by atoms with Crippen molar-refractivity contribution in [3.05, 3.63) is 77.0 Å². The van der Waals surface area contributed by atoms with Crippen molar-refractivity contribution in [3.8, 4) is 5.75 Å². The fourth-order valence-electron chi connectivity index (χ4n) is 3.64. The van der Waals surface area contributed by atoms with E-state index in [1.165, 1.54) is 18.2 Å². The van der Waals surface area contributed by atoms with E-state index in [2.05, 4.69) is 28.4 Å². The van der Waals surface area contributed by atoms with Crippen LogP contribution in [-0.2, 0) is 17.2 Å². The van der Waals surface area contributed by atoms with Crippen molar-refractivity contribution in [1.29, 1.82) is 0 Å². The summed E-state index contributed by atoms with van der Waals surface area (Å²) in [7, 11) is -1.11. The van der Waals surface area contributed by atoms with Gasteiger partial charge in [-0.3, -0.25) is 4.21 Å². The van der Waals surface area contributed by atoms with Crippen LogP contribution in [0.3, 0.4) is 0 Å². The molecule has 1 atom stereocenters. The maximum absolute atomic E-state index is 14.7. The molecule has 0 bridgehead atoms. The molecular formula is C26H31F2N3O2S. The average Bonchev–Trinajstić information content (AvgIpc) is 2.84. The zero-order chi connectivity index (χ0) is 24.7. The predicted octanol–water partition coefficient (Wildman–Crippen LogP) is 5.46. The third-order valence-corrected chi connectivity index (χ3v) is 7.01. The second-order valence-electron chi connectivity index (χ2n) is 8.31. The van der Waals surface area contributed by atoms with Gasteiger partial charge in [-0.25, -0.2) is 18.7 Å². The van der Waals surface area contributed by atoms with E-state index in [1.54, 1.807) is 25.3 Å². The van der Waals surface area contributed by atoms with Gasteiger partial charge in [0.25, 0.3) is 0 Å². The average molecular weight is 488 g/mol. The molecular weight excluding hydrogens is 456 g/mol. The molecule has 1 aliphatic rings. The van der Waals surface area contributed by atoms with Crippen molar-refractivity contribution in [1.82, 2.24) is 9.97 Å². The van der Waals surface area contributed by atoms with Crippen LogP contribution in [-0.4, -0.2) is 40.1 Å². The minimum absolute atomic E-state index is 0.191. The largest absolute Gasteiger partial charge is 0.487 e. The Morgan fingerprint density at radius 3 is 2.35 bits per heavy atom. The number of rotatable bonds is 9. The maximum atomic E-state index is 14.7. The number of piperidine rings is 1. The summed E-state index contributed by atoms with van der Waals surface area (Å²) in [5, 5.41) is 0. The van der Waals surface area contributed by atoms with Gasteiger partial charge >= 0.3 is 0 Å². The number of nitrogens with zero attached hydrogens (tertiary/aromatic N) is 3. The summed E-state index contributed by atoms with van der Waals surface area (Å²) in [6.45, 7) is 9.29. The van der Waals surface area contributed by atoms with Gasteiger partial charge in [-0.1, -0.05) is 25.7 Å². The molecule has 1 fully saturated rings. The Bertz CT molecular complexity index is 1070. The lowest BCUT2D eigenvalue weighted by atomic mass is 9.98. The Morgan fingerprint density at radius 2 is 1.82 bits per heavy atom. The third-order valence-electron chi connectivity index (χ3n) is 5.96. The number of aryl methyl sites for hydroxylation is 1. The molecule has 8 heteroatoms. The molecule has 0 spiro atoms. The molecule has 1 aromatic heterocycles. The first-order valence-corrected chi connectivity index (χ1v) is 12.9. The van der Waals surface area contributed by atoms with Gasteiger partial charge in [0.05, 0.1) is 6.61 Å². The minimum Gasteiger partial charge on any atom is -0.487 e. The highest BCUT2D eigenvalue weighted by atomic mass is 32.2. The van der Waals surface area contributed by atoms with Crippen molar-refractivity contribution < 1.29 is 17.7 Å². The number of hydrogen-bond acceptors (Lipinski definition) is 5. The Kier molecular flexibility index (Phi) is 9.10. The first-order chi connectivity index (χ1) is 16.3. The smallest absolute Gasteiger partial charge is 0.225 e. The highest BCUT2D eigenvalue weighted by Gasteiger charge is 2.23. The van der Waals surface area contributed by atoms with Crippen LogP contribution in [0.5, 0.6) is 5.75 Å².